The quantitative estimate of drug-likeness (QED) is 0.406. The molecule has 4 rings (SSSR count). The van der Waals surface area contributed by atoms with Crippen LogP contribution < -0.4 is 11.1 Å². The Hall–Kier alpha value is -3.13. The molecule has 2 aromatic carbocycles. The molecule has 0 saturated carbocycles. The van der Waals surface area contributed by atoms with Crippen molar-refractivity contribution in [1.82, 2.24) is 10.3 Å². The number of nitrogens with one attached hydrogen (secondary N) is 1. The summed E-state index contributed by atoms with van der Waals surface area (Å²) >= 11 is 5.97. The van der Waals surface area contributed by atoms with E-state index in [1.54, 1.807) is 0 Å². The number of halogens is 1. The SMILES string of the molecule is Nc1cnc(Cl)c(C(O)C(O)CCNC(=O)OCC2c3ccccc3-c3ccccc32)c1. The lowest BCUT2D eigenvalue weighted by Crippen LogP contribution is -2.30. The van der Waals surface area contributed by atoms with Gasteiger partial charge in [-0.1, -0.05) is 60.1 Å². The fourth-order valence-corrected chi connectivity index (χ4v) is 4.24. The minimum atomic E-state index is -1.28. The molecule has 166 valence electrons. The summed E-state index contributed by atoms with van der Waals surface area (Å²) in [6.07, 6.45) is -1.56. The number of hydrogen-bond donors (Lipinski definition) is 4. The van der Waals surface area contributed by atoms with Crippen molar-refractivity contribution in [3.63, 3.8) is 0 Å². The van der Waals surface area contributed by atoms with Gasteiger partial charge in [0.25, 0.3) is 0 Å². The van der Waals surface area contributed by atoms with E-state index >= 15 is 0 Å². The van der Waals surface area contributed by atoms with Crippen molar-refractivity contribution < 1.29 is 19.7 Å². The van der Waals surface area contributed by atoms with Crippen molar-refractivity contribution >= 4 is 23.4 Å². The highest BCUT2D eigenvalue weighted by Crippen LogP contribution is 2.44. The number of benzene rings is 2. The predicted octanol–water partition coefficient (Wildman–Crippen LogP) is 3.64. The smallest absolute Gasteiger partial charge is 0.407 e. The molecule has 3 aromatic rings. The van der Waals surface area contributed by atoms with Crippen LogP contribution in [0.4, 0.5) is 10.5 Å². The number of rotatable bonds is 7. The molecule has 1 aliphatic carbocycles. The number of fused-ring (bicyclic) bond motifs is 3. The van der Waals surface area contributed by atoms with E-state index in [0.717, 1.165) is 22.3 Å². The van der Waals surface area contributed by atoms with Crippen LogP contribution >= 0.6 is 11.6 Å². The average molecular weight is 454 g/mol. The first-order valence-electron chi connectivity index (χ1n) is 10.3. The highest BCUT2D eigenvalue weighted by molar-refractivity contribution is 6.30. The summed E-state index contributed by atoms with van der Waals surface area (Å²) in [5, 5.41) is 23.2. The van der Waals surface area contributed by atoms with Gasteiger partial charge in [0, 0.05) is 18.0 Å². The van der Waals surface area contributed by atoms with Crippen LogP contribution in [0.1, 0.15) is 35.1 Å². The maximum absolute atomic E-state index is 12.2. The molecule has 2 atom stereocenters. The summed E-state index contributed by atoms with van der Waals surface area (Å²) in [6, 6.07) is 17.7. The van der Waals surface area contributed by atoms with Crippen molar-refractivity contribution in [2.24, 2.45) is 0 Å². The van der Waals surface area contributed by atoms with Crippen molar-refractivity contribution in [3.8, 4) is 11.1 Å². The lowest BCUT2D eigenvalue weighted by molar-refractivity contribution is 0.0136. The average Bonchev–Trinajstić information content (AvgIpc) is 3.12. The number of nitrogens with two attached hydrogens (primary N) is 1. The van der Waals surface area contributed by atoms with Gasteiger partial charge >= 0.3 is 6.09 Å². The fourth-order valence-electron chi connectivity index (χ4n) is 4.03. The van der Waals surface area contributed by atoms with Gasteiger partial charge in [-0.15, -0.1) is 0 Å². The van der Waals surface area contributed by atoms with Gasteiger partial charge in [0.15, 0.2) is 0 Å². The molecule has 8 heteroatoms. The first kappa shape index (κ1) is 22.1. The zero-order valence-corrected chi connectivity index (χ0v) is 18.0. The van der Waals surface area contributed by atoms with Crippen molar-refractivity contribution in [1.29, 1.82) is 0 Å². The molecule has 0 spiro atoms. The van der Waals surface area contributed by atoms with Gasteiger partial charge in [-0.05, 0) is 34.7 Å². The summed E-state index contributed by atoms with van der Waals surface area (Å²) < 4.78 is 5.46. The van der Waals surface area contributed by atoms with E-state index in [1.807, 2.05) is 24.3 Å². The predicted molar refractivity (Wildman–Crippen MR) is 122 cm³/mol. The van der Waals surface area contributed by atoms with Gasteiger partial charge in [0.05, 0.1) is 18.0 Å². The number of pyridine rings is 1. The topological polar surface area (TPSA) is 118 Å². The number of anilines is 1. The van der Waals surface area contributed by atoms with Gasteiger partial charge in [0.1, 0.15) is 17.9 Å². The molecule has 0 fully saturated rings. The van der Waals surface area contributed by atoms with E-state index in [1.165, 1.54) is 12.3 Å². The van der Waals surface area contributed by atoms with Crippen LogP contribution in [-0.2, 0) is 4.74 Å². The molecular formula is C24H24ClN3O4. The number of nitrogens with zero attached hydrogens (tertiary/aromatic N) is 1. The van der Waals surface area contributed by atoms with E-state index in [9.17, 15) is 15.0 Å². The molecule has 0 saturated heterocycles. The van der Waals surface area contributed by atoms with Crippen molar-refractivity contribution in [3.05, 3.63) is 82.6 Å². The second kappa shape index (κ2) is 9.56. The maximum Gasteiger partial charge on any atom is 0.407 e. The van der Waals surface area contributed by atoms with E-state index in [0.29, 0.717) is 5.69 Å². The summed E-state index contributed by atoms with van der Waals surface area (Å²) in [7, 11) is 0. The third-order valence-electron chi connectivity index (χ3n) is 5.62. The number of nitrogen functional groups attached to an aromatic ring is 1. The number of aromatic nitrogens is 1. The maximum atomic E-state index is 12.2. The van der Waals surface area contributed by atoms with Gasteiger partial charge in [-0.3, -0.25) is 0 Å². The number of carbonyl (C=O) groups excluding carboxylic acids is 1. The second-order valence-corrected chi connectivity index (χ2v) is 8.06. The first-order chi connectivity index (χ1) is 15.5. The van der Waals surface area contributed by atoms with E-state index < -0.39 is 18.3 Å². The lowest BCUT2D eigenvalue weighted by atomic mass is 9.98. The minimum Gasteiger partial charge on any atom is -0.449 e. The highest BCUT2D eigenvalue weighted by Gasteiger charge is 2.29. The molecule has 0 bridgehead atoms. The summed E-state index contributed by atoms with van der Waals surface area (Å²) in [4.78, 5) is 16.1. The summed E-state index contributed by atoms with van der Waals surface area (Å²) in [6.45, 7) is 0.317. The Morgan fingerprint density at radius 2 is 1.75 bits per heavy atom. The number of ether oxygens (including phenoxy) is 1. The molecular weight excluding hydrogens is 430 g/mol. The Morgan fingerprint density at radius 1 is 1.12 bits per heavy atom. The van der Waals surface area contributed by atoms with E-state index in [-0.39, 0.29) is 36.2 Å². The second-order valence-electron chi connectivity index (χ2n) is 7.70. The van der Waals surface area contributed by atoms with Crippen LogP contribution in [0.2, 0.25) is 5.15 Å². The molecule has 2 unspecified atom stereocenters. The third-order valence-corrected chi connectivity index (χ3v) is 5.94. The Morgan fingerprint density at radius 3 is 2.41 bits per heavy atom. The van der Waals surface area contributed by atoms with Crippen molar-refractivity contribution in [2.75, 3.05) is 18.9 Å². The molecule has 1 heterocycles. The van der Waals surface area contributed by atoms with Crippen LogP contribution in [0, 0.1) is 0 Å². The molecule has 5 N–H and O–H groups in total. The standard InChI is InChI=1S/C24H24ClN3O4/c25-23-19(11-14(26)12-28-23)22(30)21(29)9-10-27-24(31)32-13-20-17-7-3-1-5-15(17)16-6-2-4-8-18(16)20/h1-8,11-12,20-22,29-30H,9-10,13,26H2,(H,27,31). The van der Waals surface area contributed by atoms with Crippen LogP contribution in [0.3, 0.4) is 0 Å². The van der Waals surface area contributed by atoms with Crippen molar-refractivity contribution in [2.45, 2.75) is 24.5 Å². The number of aliphatic hydroxyl groups is 2. The van der Waals surface area contributed by atoms with Crippen LogP contribution in [0.5, 0.6) is 0 Å². The zero-order valence-electron chi connectivity index (χ0n) is 17.2. The largest absolute Gasteiger partial charge is 0.449 e. The molecule has 1 amide bonds. The van der Waals surface area contributed by atoms with Crippen LogP contribution in [-0.4, -0.2) is 40.5 Å². The highest BCUT2D eigenvalue weighted by atomic mass is 35.5. The van der Waals surface area contributed by atoms with Crippen LogP contribution in [0.15, 0.2) is 60.8 Å². The first-order valence-corrected chi connectivity index (χ1v) is 10.7. The minimum absolute atomic E-state index is 0.0289. The van der Waals surface area contributed by atoms with Gasteiger partial charge in [0.2, 0.25) is 0 Å². The Labute approximate surface area is 190 Å². The molecule has 0 radical (unpaired) electrons. The fraction of sp³-hybridized carbons (Fsp3) is 0.250. The molecule has 32 heavy (non-hydrogen) atoms. The zero-order chi connectivity index (χ0) is 22.7. The molecule has 7 nitrogen and oxygen atoms in total. The van der Waals surface area contributed by atoms with E-state index in [2.05, 4.69) is 34.6 Å². The number of hydrogen-bond acceptors (Lipinski definition) is 6. The molecule has 0 aliphatic heterocycles. The Kier molecular flexibility index (Phi) is 6.60. The monoisotopic (exact) mass is 453 g/mol. The lowest BCUT2D eigenvalue weighted by Gasteiger charge is -2.19. The molecule has 1 aliphatic rings. The van der Waals surface area contributed by atoms with Gasteiger partial charge in [-0.25, -0.2) is 9.78 Å². The van der Waals surface area contributed by atoms with Gasteiger partial charge < -0.3 is 26.0 Å². The Bertz CT molecular complexity index is 1080. The number of alkyl carbamates (subject to hydrolysis) is 1. The molecule has 1 aromatic heterocycles. The normalized spacial score (nSPS) is 14.3. The van der Waals surface area contributed by atoms with Gasteiger partial charge in [-0.2, -0.15) is 0 Å². The summed E-state index contributed by atoms with van der Waals surface area (Å²) in [5.74, 6) is -0.0289. The Balaban J connectivity index is 1.29. The number of amides is 1. The summed E-state index contributed by atoms with van der Waals surface area (Å²) in [5.41, 5.74) is 10.8. The van der Waals surface area contributed by atoms with E-state index in [4.69, 9.17) is 22.1 Å². The number of aliphatic hydroxyl groups excluding tert-OH is 2. The number of carbonyl (C=O) groups is 1. The third kappa shape index (κ3) is 4.55. The van der Waals surface area contributed by atoms with Crippen LogP contribution in [0.25, 0.3) is 11.1 Å².